The third-order valence-corrected chi connectivity index (χ3v) is 4.23. The van der Waals surface area contributed by atoms with Crippen molar-refractivity contribution in [2.45, 2.75) is 51.7 Å². The van der Waals surface area contributed by atoms with Crippen LogP contribution in [-0.2, 0) is 7.05 Å². The molecule has 1 aromatic rings. The van der Waals surface area contributed by atoms with Crippen molar-refractivity contribution in [2.24, 2.45) is 7.05 Å². The van der Waals surface area contributed by atoms with Gasteiger partial charge in [0, 0.05) is 19.8 Å². The lowest BCUT2D eigenvalue weighted by atomic mass is 9.91. The standard InChI is InChI=1S/C14H23N3O2/c1-9-13(10(2)17(4)15-9)14(19)16(3)11-7-5-6-8-12(11)18/h11-12,18H,5-8H2,1-4H3. The van der Waals surface area contributed by atoms with Crippen molar-refractivity contribution in [1.82, 2.24) is 14.7 Å². The average molecular weight is 265 g/mol. The van der Waals surface area contributed by atoms with Crippen LogP contribution in [0.3, 0.4) is 0 Å². The number of aliphatic hydroxyl groups is 1. The van der Waals surface area contributed by atoms with Crippen molar-refractivity contribution < 1.29 is 9.90 Å². The van der Waals surface area contributed by atoms with E-state index < -0.39 is 6.10 Å². The number of aromatic nitrogens is 2. The van der Waals surface area contributed by atoms with E-state index in [4.69, 9.17) is 0 Å². The zero-order chi connectivity index (χ0) is 14.2. The second kappa shape index (κ2) is 5.33. The molecule has 2 unspecified atom stereocenters. The predicted molar refractivity (Wildman–Crippen MR) is 73.0 cm³/mol. The topological polar surface area (TPSA) is 58.4 Å². The fourth-order valence-corrected chi connectivity index (χ4v) is 2.95. The third-order valence-electron chi connectivity index (χ3n) is 4.23. The van der Waals surface area contributed by atoms with Gasteiger partial charge >= 0.3 is 0 Å². The summed E-state index contributed by atoms with van der Waals surface area (Å²) in [6.07, 6.45) is 3.38. The Morgan fingerprint density at radius 3 is 2.53 bits per heavy atom. The van der Waals surface area contributed by atoms with Gasteiger partial charge in [-0.1, -0.05) is 12.8 Å². The zero-order valence-electron chi connectivity index (χ0n) is 12.2. The molecule has 5 nitrogen and oxygen atoms in total. The van der Waals surface area contributed by atoms with Crippen molar-refractivity contribution in [3.8, 4) is 0 Å². The van der Waals surface area contributed by atoms with E-state index in [1.807, 2.05) is 20.9 Å². The van der Waals surface area contributed by atoms with Crippen molar-refractivity contribution in [1.29, 1.82) is 0 Å². The molecule has 0 bridgehead atoms. The molecular formula is C14H23N3O2. The SMILES string of the molecule is Cc1nn(C)c(C)c1C(=O)N(C)C1CCCCC1O. The lowest BCUT2D eigenvalue weighted by Gasteiger charge is -2.35. The highest BCUT2D eigenvalue weighted by molar-refractivity contribution is 5.96. The number of aryl methyl sites for hydroxylation is 2. The van der Waals surface area contributed by atoms with Gasteiger partial charge in [-0.2, -0.15) is 5.10 Å². The van der Waals surface area contributed by atoms with Crippen molar-refractivity contribution in [3.63, 3.8) is 0 Å². The minimum absolute atomic E-state index is 0.0333. The number of likely N-dealkylation sites (N-methyl/N-ethyl adjacent to an activating group) is 1. The molecule has 0 aromatic carbocycles. The molecule has 1 amide bonds. The van der Waals surface area contributed by atoms with Gasteiger partial charge < -0.3 is 10.0 Å². The Balaban J connectivity index is 2.23. The van der Waals surface area contributed by atoms with Gasteiger partial charge in [-0.05, 0) is 26.7 Å². The van der Waals surface area contributed by atoms with Gasteiger partial charge in [0.2, 0.25) is 0 Å². The van der Waals surface area contributed by atoms with Gasteiger partial charge in [0.15, 0.2) is 0 Å². The van der Waals surface area contributed by atoms with E-state index in [1.54, 1.807) is 16.6 Å². The van der Waals surface area contributed by atoms with E-state index in [1.165, 1.54) is 0 Å². The fraction of sp³-hybridized carbons (Fsp3) is 0.714. The summed E-state index contributed by atoms with van der Waals surface area (Å²) in [7, 11) is 3.63. The molecule has 5 heteroatoms. The quantitative estimate of drug-likeness (QED) is 0.879. The fourth-order valence-electron chi connectivity index (χ4n) is 2.95. The van der Waals surface area contributed by atoms with Crippen LogP contribution in [0.2, 0.25) is 0 Å². The van der Waals surface area contributed by atoms with Crippen LogP contribution >= 0.6 is 0 Å². The van der Waals surface area contributed by atoms with Gasteiger partial charge in [0.05, 0.1) is 23.4 Å². The minimum Gasteiger partial charge on any atom is -0.391 e. The highest BCUT2D eigenvalue weighted by Gasteiger charge is 2.31. The van der Waals surface area contributed by atoms with E-state index in [-0.39, 0.29) is 11.9 Å². The number of carbonyl (C=O) groups excluding carboxylic acids is 1. The molecule has 0 saturated heterocycles. The van der Waals surface area contributed by atoms with Gasteiger partial charge in [0.1, 0.15) is 0 Å². The number of amides is 1. The number of hydrogen-bond donors (Lipinski definition) is 1. The smallest absolute Gasteiger partial charge is 0.257 e. The maximum atomic E-state index is 12.6. The molecule has 0 radical (unpaired) electrons. The highest BCUT2D eigenvalue weighted by Crippen LogP contribution is 2.24. The van der Waals surface area contributed by atoms with Gasteiger partial charge in [-0.3, -0.25) is 9.48 Å². The van der Waals surface area contributed by atoms with Crippen LogP contribution < -0.4 is 0 Å². The molecule has 2 atom stereocenters. The summed E-state index contributed by atoms with van der Waals surface area (Å²) in [5.74, 6) is -0.0333. The maximum absolute atomic E-state index is 12.6. The van der Waals surface area contributed by atoms with Crippen molar-refractivity contribution >= 4 is 5.91 Å². The maximum Gasteiger partial charge on any atom is 0.257 e. The normalized spacial score (nSPS) is 23.4. The molecule has 0 aliphatic heterocycles. The Kier molecular flexibility index (Phi) is 3.94. The number of aliphatic hydroxyl groups excluding tert-OH is 1. The zero-order valence-corrected chi connectivity index (χ0v) is 12.2. The average Bonchev–Trinajstić information content (AvgIpc) is 2.62. The number of hydrogen-bond acceptors (Lipinski definition) is 3. The van der Waals surface area contributed by atoms with Crippen LogP contribution in [-0.4, -0.2) is 44.9 Å². The van der Waals surface area contributed by atoms with E-state index in [2.05, 4.69) is 5.10 Å². The second-order valence-electron chi connectivity index (χ2n) is 5.50. The monoisotopic (exact) mass is 265 g/mol. The second-order valence-corrected chi connectivity index (χ2v) is 5.50. The van der Waals surface area contributed by atoms with Gasteiger partial charge in [-0.25, -0.2) is 0 Å². The van der Waals surface area contributed by atoms with E-state index in [0.29, 0.717) is 5.56 Å². The molecular weight excluding hydrogens is 242 g/mol. The molecule has 106 valence electrons. The molecule has 1 heterocycles. The van der Waals surface area contributed by atoms with Crippen LogP contribution in [0.4, 0.5) is 0 Å². The van der Waals surface area contributed by atoms with Crippen molar-refractivity contribution in [3.05, 3.63) is 17.0 Å². The Bertz CT molecular complexity index is 481. The first kappa shape index (κ1) is 14.1. The van der Waals surface area contributed by atoms with Gasteiger partial charge in [0.25, 0.3) is 5.91 Å². The number of carbonyl (C=O) groups is 1. The first-order valence-corrected chi connectivity index (χ1v) is 6.89. The largest absolute Gasteiger partial charge is 0.391 e. The highest BCUT2D eigenvalue weighted by atomic mass is 16.3. The molecule has 1 aliphatic carbocycles. The molecule has 0 spiro atoms. The molecule has 1 N–H and O–H groups in total. The van der Waals surface area contributed by atoms with Crippen LogP contribution in [0.5, 0.6) is 0 Å². The minimum atomic E-state index is -0.403. The molecule has 19 heavy (non-hydrogen) atoms. The number of nitrogens with zero attached hydrogens (tertiary/aromatic N) is 3. The summed E-state index contributed by atoms with van der Waals surface area (Å²) in [6.45, 7) is 3.75. The Labute approximate surface area is 114 Å². The summed E-state index contributed by atoms with van der Waals surface area (Å²) in [5, 5.41) is 14.3. The first-order valence-electron chi connectivity index (χ1n) is 6.89. The molecule has 2 rings (SSSR count). The Hall–Kier alpha value is -1.36. The summed E-state index contributed by atoms with van der Waals surface area (Å²) in [4.78, 5) is 14.3. The molecule has 1 fully saturated rings. The van der Waals surface area contributed by atoms with Crippen LogP contribution in [0.25, 0.3) is 0 Å². The van der Waals surface area contributed by atoms with Gasteiger partial charge in [-0.15, -0.1) is 0 Å². The predicted octanol–water partition coefficient (Wildman–Crippen LogP) is 1.41. The summed E-state index contributed by atoms with van der Waals surface area (Å²) in [5.41, 5.74) is 2.30. The van der Waals surface area contributed by atoms with E-state index >= 15 is 0 Å². The van der Waals surface area contributed by atoms with E-state index in [9.17, 15) is 9.90 Å². The van der Waals surface area contributed by atoms with Crippen LogP contribution in [0.15, 0.2) is 0 Å². The van der Waals surface area contributed by atoms with Crippen LogP contribution in [0, 0.1) is 13.8 Å². The molecule has 1 saturated carbocycles. The van der Waals surface area contributed by atoms with E-state index in [0.717, 1.165) is 37.1 Å². The first-order chi connectivity index (χ1) is 8.93. The summed E-state index contributed by atoms with van der Waals surface area (Å²) < 4.78 is 1.73. The Morgan fingerprint density at radius 2 is 2.00 bits per heavy atom. The third kappa shape index (κ3) is 2.52. The summed E-state index contributed by atoms with van der Waals surface area (Å²) >= 11 is 0. The number of rotatable bonds is 2. The molecule has 1 aliphatic rings. The Morgan fingerprint density at radius 1 is 1.37 bits per heavy atom. The van der Waals surface area contributed by atoms with Crippen molar-refractivity contribution in [2.75, 3.05) is 7.05 Å². The summed E-state index contributed by atoms with van der Waals surface area (Å²) in [6, 6.07) is -0.0692. The lowest BCUT2D eigenvalue weighted by Crippen LogP contribution is -2.46. The lowest BCUT2D eigenvalue weighted by molar-refractivity contribution is 0.0267. The molecule has 1 aromatic heterocycles. The van der Waals surface area contributed by atoms with Crippen LogP contribution in [0.1, 0.15) is 47.4 Å².